The summed E-state index contributed by atoms with van der Waals surface area (Å²) in [7, 11) is 1.35. The van der Waals surface area contributed by atoms with Crippen molar-refractivity contribution < 1.29 is 27.4 Å². The predicted molar refractivity (Wildman–Crippen MR) is 102 cm³/mol. The van der Waals surface area contributed by atoms with E-state index in [9.17, 15) is 18.0 Å². The summed E-state index contributed by atoms with van der Waals surface area (Å²) in [4.78, 5) is 14.1. The van der Waals surface area contributed by atoms with Crippen LogP contribution in [0, 0.1) is 0 Å². The number of rotatable bonds is 4. The lowest BCUT2D eigenvalue weighted by molar-refractivity contribution is -0.189. The van der Waals surface area contributed by atoms with Crippen LogP contribution in [0.15, 0.2) is 30.3 Å². The summed E-state index contributed by atoms with van der Waals surface area (Å²) >= 11 is 0. The molecule has 4 rings (SSSR count). The Labute approximate surface area is 167 Å². The molecular weight excluding hydrogens is 383 g/mol. The number of methoxy groups -OCH3 is 1. The summed E-state index contributed by atoms with van der Waals surface area (Å²) in [6.07, 6.45) is -2.52. The second kappa shape index (κ2) is 7.37. The van der Waals surface area contributed by atoms with Crippen LogP contribution in [0.4, 0.5) is 13.2 Å². The van der Waals surface area contributed by atoms with E-state index in [1.54, 1.807) is 6.07 Å². The van der Waals surface area contributed by atoms with Crippen LogP contribution in [-0.2, 0) is 17.6 Å². The average molecular weight is 405 g/mol. The maximum atomic E-state index is 12.9. The molecule has 4 nitrogen and oxygen atoms in total. The van der Waals surface area contributed by atoms with Gasteiger partial charge in [0.25, 0.3) is 0 Å². The van der Waals surface area contributed by atoms with Gasteiger partial charge in [0.05, 0.1) is 7.11 Å². The zero-order valence-electron chi connectivity index (χ0n) is 16.3. The molecule has 0 saturated heterocycles. The van der Waals surface area contributed by atoms with Crippen molar-refractivity contribution in [3.05, 3.63) is 47.0 Å². The van der Waals surface area contributed by atoms with Gasteiger partial charge >= 0.3 is 12.1 Å². The molecule has 0 bridgehead atoms. The molecule has 7 heteroatoms. The van der Waals surface area contributed by atoms with Gasteiger partial charge in [0, 0.05) is 18.2 Å². The van der Waals surface area contributed by atoms with E-state index in [0.717, 1.165) is 42.6 Å². The van der Waals surface area contributed by atoms with Crippen molar-refractivity contribution in [3.63, 3.8) is 0 Å². The lowest BCUT2D eigenvalue weighted by Gasteiger charge is -2.42. The fraction of sp³-hybridized carbons (Fsp3) is 0.409. The molecule has 0 amide bonds. The molecule has 154 valence electrons. The number of alkyl halides is 3. The monoisotopic (exact) mass is 405 g/mol. The highest BCUT2D eigenvalue weighted by molar-refractivity contribution is 5.87. The van der Waals surface area contributed by atoms with Crippen molar-refractivity contribution in [2.24, 2.45) is 0 Å². The predicted octanol–water partition coefficient (Wildman–Crippen LogP) is 4.70. The van der Waals surface area contributed by atoms with Crippen molar-refractivity contribution in [2.45, 2.75) is 38.4 Å². The Hall–Kier alpha value is -2.54. The van der Waals surface area contributed by atoms with Gasteiger partial charge in [0.1, 0.15) is 0 Å². The quantitative estimate of drug-likeness (QED) is 0.546. The first-order valence-electron chi connectivity index (χ1n) is 9.70. The lowest BCUT2D eigenvalue weighted by atomic mass is 9.76. The molecule has 0 spiro atoms. The number of hydrogen-bond donors (Lipinski definition) is 0. The highest BCUT2D eigenvalue weighted by Gasteiger charge is 2.43. The first-order chi connectivity index (χ1) is 13.8. The number of carbonyl (C=O) groups is 1. The summed E-state index contributed by atoms with van der Waals surface area (Å²) in [5.41, 5.74) is 4.51. The van der Waals surface area contributed by atoms with Crippen molar-refractivity contribution in [3.8, 4) is 22.6 Å². The van der Waals surface area contributed by atoms with Crippen LogP contribution in [0.1, 0.15) is 36.1 Å². The second-order valence-electron chi connectivity index (χ2n) is 7.40. The minimum Gasteiger partial charge on any atom is -0.493 e. The summed E-state index contributed by atoms with van der Waals surface area (Å²) in [6.45, 7) is 4.05. The number of fused-ring (bicyclic) bond motifs is 2. The number of ether oxygens (including phenoxy) is 2. The second-order valence-corrected chi connectivity index (χ2v) is 7.40. The van der Waals surface area contributed by atoms with E-state index in [1.807, 2.05) is 18.2 Å². The topological polar surface area (TPSA) is 38.8 Å². The van der Waals surface area contributed by atoms with Gasteiger partial charge in [-0.1, -0.05) is 31.2 Å². The van der Waals surface area contributed by atoms with E-state index in [4.69, 9.17) is 9.47 Å². The van der Waals surface area contributed by atoms with Crippen LogP contribution >= 0.6 is 0 Å². The molecule has 0 radical (unpaired) electrons. The summed E-state index contributed by atoms with van der Waals surface area (Å²) in [5, 5.41) is 0. The third kappa shape index (κ3) is 3.37. The Morgan fingerprint density at radius 1 is 1.21 bits per heavy atom. The van der Waals surface area contributed by atoms with Crippen molar-refractivity contribution >= 4 is 5.97 Å². The van der Waals surface area contributed by atoms with Crippen LogP contribution in [0.5, 0.6) is 11.5 Å². The lowest BCUT2D eigenvalue weighted by Crippen LogP contribution is -2.39. The summed E-state index contributed by atoms with van der Waals surface area (Å²) in [5.74, 6) is -2.30. The smallest absolute Gasteiger partial charge is 0.491 e. The normalized spacial score (nSPS) is 18.0. The number of benzene rings is 2. The fourth-order valence-electron chi connectivity index (χ4n) is 4.52. The average Bonchev–Trinajstić information content (AvgIpc) is 2.69. The molecule has 2 aliphatic rings. The Morgan fingerprint density at radius 3 is 2.69 bits per heavy atom. The van der Waals surface area contributed by atoms with E-state index in [0.29, 0.717) is 12.0 Å². The van der Waals surface area contributed by atoms with Crippen molar-refractivity contribution in [2.75, 3.05) is 20.2 Å². The van der Waals surface area contributed by atoms with Crippen LogP contribution in [0.25, 0.3) is 11.1 Å². The summed E-state index contributed by atoms with van der Waals surface area (Å²) < 4.78 is 48.8. The molecule has 1 unspecified atom stereocenters. The van der Waals surface area contributed by atoms with E-state index in [2.05, 4.69) is 17.9 Å². The van der Waals surface area contributed by atoms with Crippen molar-refractivity contribution in [1.82, 2.24) is 4.90 Å². The first-order valence-corrected chi connectivity index (χ1v) is 9.70. The first kappa shape index (κ1) is 19.8. The van der Waals surface area contributed by atoms with Crippen LogP contribution in [0.2, 0.25) is 0 Å². The standard InChI is InChI=1S/C22H22F3NO3/c1-3-10-26-11-9-13-5-4-6-15-18(13)16(26)12-14-7-8-17(28-2)20(19(14)15)29-21(27)22(23,24)25/h4-8,16H,3,9-12H2,1-2H3. The number of carbonyl (C=O) groups excluding carboxylic acids is 1. The molecule has 1 aliphatic heterocycles. The van der Waals surface area contributed by atoms with Crippen molar-refractivity contribution in [1.29, 1.82) is 0 Å². The Balaban J connectivity index is 1.89. The van der Waals surface area contributed by atoms with Gasteiger partial charge in [-0.2, -0.15) is 13.2 Å². The number of esters is 1. The van der Waals surface area contributed by atoms with Gasteiger partial charge in [-0.05, 0) is 54.1 Å². The number of hydrogen-bond acceptors (Lipinski definition) is 4. The Morgan fingerprint density at radius 2 is 2.00 bits per heavy atom. The van der Waals surface area contributed by atoms with E-state index >= 15 is 0 Å². The number of nitrogens with zero attached hydrogens (tertiary/aromatic N) is 1. The van der Waals surface area contributed by atoms with Gasteiger partial charge in [-0.15, -0.1) is 0 Å². The Kier molecular flexibility index (Phi) is 5.02. The van der Waals surface area contributed by atoms with E-state index in [-0.39, 0.29) is 17.5 Å². The zero-order valence-corrected chi connectivity index (χ0v) is 16.3. The third-order valence-corrected chi connectivity index (χ3v) is 5.69. The highest BCUT2D eigenvalue weighted by atomic mass is 19.4. The molecule has 1 atom stereocenters. The van der Waals surface area contributed by atoms with E-state index in [1.165, 1.54) is 12.7 Å². The molecule has 0 saturated carbocycles. The van der Waals surface area contributed by atoms with Crippen LogP contribution < -0.4 is 9.47 Å². The third-order valence-electron chi connectivity index (χ3n) is 5.69. The van der Waals surface area contributed by atoms with Gasteiger partial charge in [-0.3, -0.25) is 4.90 Å². The van der Waals surface area contributed by atoms with Gasteiger partial charge in [0.15, 0.2) is 11.5 Å². The molecule has 2 aromatic carbocycles. The Bertz CT molecular complexity index is 955. The minimum absolute atomic E-state index is 0.110. The molecule has 0 N–H and O–H groups in total. The zero-order chi connectivity index (χ0) is 20.8. The van der Waals surface area contributed by atoms with Gasteiger partial charge in [-0.25, -0.2) is 4.79 Å². The molecule has 29 heavy (non-hydrogen) atoms. The largest absolute Gasteiger partial charge is 0.493 e. The molecular formula is C22H22F3NO3. The van der Waals surface area contributed by atoms with E-state index < -0.39 is 12.1 Å². The minimum atomic E-state index is -5.08. The maximum absolute atomic E-state index is 12.9. The van der Waals surface area contributed by atoms with Gasteiger partial charge in [0.2, 0.25) is 0 Å². The molecule has 2 aromatic rings. The fourth-order valence-corrected chi connectivity index (χ4v) is 4.52. The molecule has 1 aliphatic carbocycles. The highest BCUT2D eigenvalue weighted by Crippen LogP contribution is 2.51. The van der Waals surface area contributed by atoms with Crippen LogP contribution in [0.3, 0.4) is 0 Å². The molecule has 0 aromatic heterocycles. The summed E-state index contributed by atoms with van der Waals surface area (Å²) in [6, 6.07) is 9.46. The maximum Gasteiger partial charge on any atom is 0.491 e. The SMILES string of the molecule is CCCN1CCc2cccc3c2C1Cc1ccc(OC)c(OC(=O)C(F)(F)F)c1-3. The van der Waals surface area contributed by atoms with Gasteiger partial charge < -0.3 is 9.47 Å². The van der Waals surface area contributed by atoms with Crippen LogP contribution in [-0.4, -0.2) is 37.2 Å². The molecule has 1 heterocycles. The molecule has 0 fully saturated rings. The number of halogens is 3.